The van der Waals surface area contributed by atoms with Crippen LogP contribution in [-0.2, 0) is 0 Å². The van der Waals surface area contributed by atoms with Crippen molar-refractivity contribution in [1.29, 1.82) is 0 Å². The van der Waals surface area contributed by atoms with Gasteiger partial charge >= 0.3 is 5.97 Å². The van der Waals surface area contributed by atoms with Crippen molar-refractivity contribution in [2.75, 3.05) is 37.6 Å². The highest BCUT2D eigenvalue weighted by molar-refractivity contribution is 6.30. The van der Waals surface area contributed by atoms with E-state index in [-0.39, 0.29) is 0 Å². The van der Waals surface area contributed by atoms with E-state index in [0.717, 1.165) is 49.9 Å². The van der Waals surface area contributed by atoms with Crippen LogP contribution in [0.25, 0.3) is 0 Å². The Morgan fingerprint density at radius 3 is 2.34 bits per heavy atom. The number of hydrogen-bond acceptors (Lipinski definition) is 3. The van der Waals surface area contributed by atoms with E-state index in [9.17, 15) is 4.79 Å². The molecule has 152 valence electrons. The van der Waals surface area contributed by atoms with Gasteiger partial charge in [0.2, 0.25) is 0 Å². The van der Waals surface area contributed by atoms with Crippen molar-refractivity contribution in [3.05, 3.63) is 76.8 Å². The second kappa shape index (κ2) is 9.02. The zero-order chi connectivity index (χ0) is 20.2. The Morgan fingerprint density at radius 2 is 1.69 bits per heavy atom. The summed E-state index contributed by atoms with van der Waals surface area (Å²) in [5.41, 5.74) is 2.80. The van der Waals surface area contributed by atoms with Crippen LogP contribution in [0.15, 0.2) is 60.7 Å². The lowest BCUT2D eigenvalue weighted by atomic mass is 9.79. The zero-order valence-electron chi connectivity index (χ0n) is 16.5. The number of benzene rings is 2. The molecule has 4 nitrogen and oxygen atoms in total. The highest BCUT2D eigenvalue weighted by Crippen LogP contribution is 2.35. The van der Waals surface area contributed by atoms with Crippen molar-refractivity contribution in [3.63, 3.8) is 0 Å². The average Bonchev–Trinajstić information content (AvgIpc) is 2.75. The van der Waals surface area contributed by atoms with E-state index in [1.54, 1.807) is 12.1 Å². The van der Waals surface area contributed by atoms with Crippen LogP contribution in [0.2, 0.25) is 5.02 Å². The van der Waals surface area contributed by atoms with Crippen molar-refractivity contribution in [2.45, 2.75) is 18.8 Å². The minimum Gasteiger partial charge on any atom is -0.478 e. The van der Waals surface area contributed by atoms with E-state index >= 15 is 0 Å². The van der Waals surface area contributed by atoms with Crippen LogP contribution in [0.3, 0.4) is 0 Å². The second-order valence-corrected chi connectivity index (χ2v) is 8.42. The molecule has 29 heavy (non-hydrogen) atoms. The molecule has 1 fully saturated rings. The molecule has 0 aromatic heterocycles. The normalized spacial score (nSPS) is 22.6. The first-order valence-electron chi connectivity index (χ1n) is 10.3. The maximum absolute atomic E-state index is 11.0. The van der Waals surface area contributed by atoms with Crippen LogP contribution in [0.5, 0.6) is 0 Å². The lowest BCUT2D eigenvalue weighted by molar-refractivity contribution is 0.0697. The monoisotopic (exact) mass is 410 g/mol. The van der Waals surface area contributed by atoms with Crippen molar-refractivity contribution >= 4 is 23.3 Å². The van der Waals surface area contributed by atoms with Gasteiger partial charge in [-0.3, -0.25) is 4.90 Å². The molecule has 1 heterocycles. The highest BCUT2D eigenvalue weighted by Gasteiger charge is 2.27. The third-order valence-corrected chi connectivity index (χ3v) is 6.41. The van der Waals surface area contributed by atoms with Crippen LogP contribution in [0.1, 0.15) is 34.7 Å². The van der Waals surface area contributed by atoms with E-state index in [1.165, 1.54) is 12.0 Å². The molecule has 1 aliphatic heterocycles. The van der Waals surface area contributed by atoms with Gasteiger partial charge < -0.3 is 10.0 Å². The largest absolute Gasteiger partial charge is 0.478 e. The van der Waals surface area contributed by atoms with E-state index < -0.39 is 5.97 Å². The number of carbonyl (C=O) groups is 1. The molecule has 0 spiro atoms. The molecule has 0 saturated carbocycles. The summed E-state index contributed by atoms with van der Waals surface area (Å²) < 4.78 is 0. The van der Waals surface area contributed by atoms with Crippen molar-refractivity contribution in [3.8, 4) is 0 Å². The number of carboxylic acids is 1. The van der Waals surface area contributed by atoms with E-state index in [4.69, 9.17) is 16.7 Å². The van der Waals surface area contributed by atoms with E-state index in [1.807, 2.05) is 24.3 Å². The minimum absolute atomic E-state index is 0.339. The van der Waals surface area contributed by atoms with Crippen LogP contribution < -0.4 is 4.90 Å². The molecule has 4 rings (SSSR count). The van der Waals surface area contributed by atoms with E-state index in [0.29, 0.717) is 17.4 Å². The van der Waals surface area contributed by atoms with Gasteiger partial charge in [-0.25, -0.2) is 4.79 Å². The fraction of sp³-hybridized carbons (Fsp3) is 0.375. The summed E-state index contributed by atoms with van der Waals surface area (Å²) in [6, 6.07) is 15.5. The summed E-state index contributed by atoms with van der Waals surface area (Å²) in [6.07, 6.45) is 7.07. The molecule has 2 aromatic rings. The van der Waals surface area contributed by atoms with Crippen molar-refractivity contribution < 1.29 is 9.90 Å². The first-order chi connectivity index (χ1) is 14.1. The number of carboxylic acid groups (broad SMARTS) is 1. The summed E-state index contributed by atoms with van der Waals surface area (Å²) >= 11 is 6.07. The van der Waals surface area contributed by atoms with Gasteiger partial charge in [0.05, 0.1) is 5.56 Å². The van der Waals surface area contributed by atoms with Gasteiger partial charge in [-0.05, 0) is 60.7 Å². The molecular weight excluding hydrogens is 384 g/mol. The first kappa shape index (κ1) is 20.0. The number of halogens is 1. The van der Waals surface area contributed by atoms with Gasteiger partial charge in [0.1, 0.15) is 0 Å². The van der Waals surface area contributed by atoms with Gasteiger partial charge in [0.25, 0.3) is 0 Å². The molecule has 1 saturated heterocycles. The predicted molar refractivity (Wildman–Crippen MR) is 118 cm³/mol. The lowest BCUT2D eigenvalue weighted by Gasteiger charge is -2.39. The third kappa shape index (κ3) is 4.82. The molecule has 5 heteroatoms. The molecule has 0 amide bonds. The van der Waals surface area contributed by atoms with Gasteiger partial charge in [-0.2, -0.15) is 0 Å². The number of piperazine rings is 1. The quantitative estimate of drug-likeness (QED) is 0.711. The smallest absolute Gasteiger partial charge is 0.335 e. The Labute approximate surface area is 177 Å². The predicted octanol–water partition coefficient (Wildman–Crippen LogP) is 4.91. The lowest BCUT2D eigenvalue weighted by Crippen LogP contribution is -2.48. The summed E-state index contributed by atoms with van der Waals surface area (Å²) in [5.74, 6) is 0.211. The maximum Gasteiger partial charge on any atom is 0.335 e. The SMILES string of the molecule is O=C(O)c1ccc(N2CCN(CC3CCC=CC3c3ccc(Cl)cc3)CC2)cc1. The van der Waals surface area contributed by atoms with Gasteiger partial charge in [-0.15, -0.1) is 0 Å². The van der Waals surface area contributed by atoms with Crippen LogP contribution in [-0.4, -0.2) is 48.7 Å². The number of nitrogens with zero attached hydrogens (tertiary/aromatic N) is 2. The molecular formula is C24H27ClN2O2. The molecule has 2 atom stereocenters. The zero-order valence-corrected chi connectivity index (χ0v) is 17.3. The standard InChI is InChI=1S/C24H27ClN2O2/c25-21-9-5-18(6-10-21)23-4-2-1-3-20(23)17-26-13-15-27(16-14-26)22-11-7-19(8-12-22)24(28)29/h2,4-12,20,23H,1,3,13-17H2,(H,28,29). The maximum atomic E-state index is 11.0. The summed E-state index contributed by atoms with van der Waals surface area (Å²) in [4.78, 5) is 16.0. The van der Waals surface area contributed by atoms with Crippen molar-refractivity contribution in [2.24, 2.45) is 5.92 Å². The molecule has 0 bridgehead atoms. The second-order valence-electron chi connectivity index (χ2n) is 7.98. The average molecular weight is 411 g/mol. The molecule has 1 aliphatic carbocycles. The molecule has 2 unspecified atom stereocenters. The van der Waals surface area contributed by atoms with Gasteiger partial charge in [-0.1, -0.05) is 35.9 Å². The van der Waals surface area contributed by atoms with Crippen LogP contribution in [0.4, 0.5) is 5.69 Å². The Kier molecular flexibility index (Phi) is 6.22. The first-order valence-corrected chi connectivity index (χ1v) is 10.7. The Bertz CT molecular complexity index is 855. The van der Waals surface area contributed by atoms with Crippen LogP contribution >= 0.6 is 11.6 Å². The summed E-state index contributed by atoms with van der Waals surface area (Å²) in [6.45, 7) is 5.13. The Hall–Kier alpha value is -2.30. The van der Waals surface area contributed by atoms with Crippen molar-refractivity contribution in [1.82, 2.24) is 4.90 Å². The van der Waals surface area contributed by atoms with Gasteiger partial charge in [0.15, 0.2) is 0 Å². The molecule has 2 aliphatic rings. The minimum atomic E-state index is -0.877. The number of anilines is 1. The van der Waals surface area contributed by atoms with E-state index in [2.05, 4.69) is 34.1 Å². The molecule has 0 radical (unpaired) electrons. The van der Waals surface area contributed by atoms with Crippen LogP contribution in [0, 0.1) is 5.92 Å². The third-order valence-electron chi connectivity index (χ3n) is 6.15. The molecule has 2 aromatic carbocycles. The molecule has 1 N–H and O–H groups in total. The summed E-state index contributed by atoms with van der Waals surface area (Å²) in [7, 11) is 0. The highest BCUT2D eigenvalue weighted by atomic mass is 35.5. The number of hydrogen-bond donors (Lipinski definition) is 1. The summed E-state index contributed by atoms with van der Waals surface area (Å²) in [5, 5.41) is 9.85. The number of aromatic carboxylic acids is 1. The number of allylic oxidation sites excluding steroid dienone is 2. The fourth-order valence-electron chi connectivity index (χ4n) is 4.50. The Morgan fingerprint density at radius 1 is 1.00 bits per heavy atom. The fourth-order valence-corrected chi connectivity index (χ4v) is 4.62. The topological polar surface area (TPSA) is 43.8 Å². The Balaban J connectivity index is 1.35. The van der Waals surface area contributed by atoms with Gasteiger partial charge in [0, 0.05) is 49.4 Å². The number of rotatable bonds is 5.